The first-order valence-corrected chi connectivity index (χ1v) is 6.06. The number of nitrogens with zero attached hydrogens (tertiary/aromatic N) is 2. The molecule has 0 radical (unpaired) electrons. The number of hydrogen-bond donors (Lipinski definition) is 1. The van der Waals surface area contributed by atoms with Crippen molar-refractivity contribution in [2.45, 2.75) is 32.7 Å². The Labute approximate surface area is 96.0 Å². The van der Waals surface area contributed by atoms with Crippen molar-refractivity contribution in [3.63, 3.8) is 0 Å². The van der Waals surface area contributed by atoms with Gasteiger partial charge in [0.15, 0.2) is 5.78 Å². The van der Waals surface area contributed by atoms with Crippen LogP contribution in [0.5, 0.6) is 0 Å². The van der Waals surface area contributed by atoms with Crippen LogP contribution in [0.25, 0.3) is 0 Å². The highest BCUT2D eigenvalue weighted by atomic mass is 16.1. The molecule has 1 atom stereocenters. The molecule has 88 valence electrons. The molecule has 1 saturated heterocycles. The summed E-state index contributed by atoms with van der Waals surface area (Å²) >= 11 is 0. The Balaban J connectivity index is 1.91. The van der Waals surface area contributed by atoms with E-state index in [2.05, 4.69) is 17.3 Å². The molecule has 1 N–H and O–H groups in total. The van der Waals surface area contributed by atoms with Crippen LogP contribution >= 0.6 is 0 Å². The highest BCUT2D eigenvalue weighted by molar-refractivity contribution is 5.95. The summed E-state index contributed by atoms with van der Waals surface area (Å²) in [5, 5.41) is 7.46. The van der Waals surface area contributed by atoms with E-state index in [1.807, 2.05) is 10.9 Å². The van der Waals surface area contributed by atoms with Crippen LogP contribution in [0.2, 0.25) is 0 Å². The third-order valence-electron chi connectivity index (χ3n) is 3.04. The Hall–Kier alpha value is -1.16. The molecule has 1 fully saturated rings. The standard InChI is InChI=1S/C12H19N3O/c1-2-5-15-9-11(8-14-15)12(16)6-10-3-4-13-7-10/h8-10,13H,2-7H2,1H3. The Bertz CT molecular complexity index is 353. The highest BCUT2D eigenvalue weighted by Crippen LogP contribution is 2.15. The molecule has 0 bridgehead atoms. The maximum Gasteiger partial charge on any atom is 0.166 e. The Kier molecular flexibility index (Phi) is 3.72. The van der Waals surface area contributed by atoms with Gasteiger partial charge in [0.25, 0.3) is 0 Å². The molecule has 1 aliphatic heterocycles. The summed E-state index contributed by atoms with van der Waals surface area (Å²) in [6, 6.07) is 0. The van der Waals surface area contributed by atoms with Gasteiger partial charge in [-0.05, 0) is 31.8 Å². The minimum atomic E-state index is 0.232. The zero-order chi connectivity index (χ0) is 11.4. The number of ketones is 1. The first kappa shape index (κ1) is 11.3. The predicted molar refractivity (Wildman–Crippen MR) is 62.4 cm³/mol. The fraction of sp³-hybridized carbons (Fsp3) is 0.667. The van der Waals surface area contributed by atoms with Crippen molar-refractivity contribution < 1.29 is 4.79 Å². The zero-order valence-electron chi connectivity index (χ0n) is 9.78. The molecule has 4 heteroatoms. The summed E-state index contributed by atoms with van der Waals surface area (Å²) in [5.74, 6) is 0.748. The fourth-order valence-corrected chi connectivity index (χ4v) is 2.13. The molecule has 2 rings (SSSR count). The number of rotatable bonds is 5. The number of carbonyl (C=O) groups is 1. The quantitative estimate of drug-likeness (QED) is 0.766. The lowest BCUT2D eigenvalue weighted by Gasteiger charge is -2.04. The Morgan fingerprint density at radius 3 is 3.25 bits per heavy atom. The number of aryl methyl sites for hydroxylation is 1. The van der Waals surface area contributed by atoms with Gasteiger partial charge in [-0.1, -0.05) is 6.92 Å². The maximum absolute atomic E-state index is 11.9. The number of aromatic nitrogens is 2. The van der Waals surface area contributed by atoms with E-state index in [-0.39, 0.29) is 5.78 Å². The summed E-state index contributed by atoms with van der Waals surface area (Å²) < 4.78 is 1.85. The van der Waals surface area contributed by atoms with E-state index in [0.29, 0.717) is 12.3 Å². The van der Waals surface area contributed by atoms with Crippen LogP contribution in [0.15, 0.2) is 12.4 Å². The van der Waals surface area contributed by atoms with E-state index >= 15 is 0 Å². The first-order valence-electron chi connectivity index (χ1n) is 6.06. The van der Waals surface area contributed by atoms with Crippen molar-refractivity contribution in [2.24, 2.45) is 5.92 Å². The summed E-state index contributed by atoms with van der Waals surface area (Å²) in [7, 11) is 0. The molecule has 0 saturated carbocycles. The van der Waals surface area contributed by atoms with Gasteiger partial charge in [-0.15, -0.1) is 0 Å². The minimum Gasteiger partial charge on any atom is -0.316 e. The van der Waals surface area contributed by atoms with Crippen LogP contribution < -0.4 is 5.32 Å². The Morgan fingerprint density at radius 2 is 2.56 bits per heavy atom. The van der Waals surface area contributed by atoms with Crippen LogP contribution in [-0.4, -0.2) is 28.7 Å². The topological polar surface area (TPSA) is 46.9 Å². The van der Waals surface area contributed by atoms with Crippen LogP contribution in [0.3, 0.4) is 0 Å². The summed E-state index contributed by atoms with van der Waals surface area (Å²) in [6.45, 7) is 5.02. The van der Waals surface area contributed by atoms with Crippen molar-refractivity contribution in [1.29, 1.82) is 0 Å². The third kappa shape index (κ3) is 2.70. The molecular weight excluding hydrogens is 202 g/mol. The van der Waals surface area contributed by atoms with Crippen LogP contribution in [0.4, 0.5) is 0 Å². The molecule has 1 aliphatic rings. The second kappa shape index (κ2) is 5.25. The number of carbonyl (C=O) groups excluding carboxylic acids is 1. The van der Waals surface area contributed by atoms with Gasteiger partial charge >= 0.3 is 0 Å². The Morgan fingerprint density at radius 1 is 1.69 bits per heavy atom. The molecule has 1 unspecified atom stereocenters. The molecule has 1 aromatic heterocycles. The molecule has 16 heavy (non-hydrogen) atoms. The summed E-state index contributed by atoms with van der Waals surface area (Å²) in [6.07, 6.45) is 6.39. The lowest BCUT2D eigenvalue weighted by molar-refractivity contribution is 0.0964. The van der Waals surface area contributed by atoms with Crippen molar-refractivity contribution in [2.75, 3.05) is 13.1 Å². The zero-order valence-corrected chi connectivity index (χ0v) is 9.78. The van der Waals surface area contributed by atoms with Gasteiger partial charge in [0.05, 0.1) is 11.8 Å². The molecule has 2 heterocycles. The van der Waals surface area contributed by atoms with Crippen LogP contribution in [0.1, 0.15) is 36.5 Å². The monoisotopic (exact) mass is 221 g/mol. The van der Waals surface area contributed by atoms with Gasteiger partial charge in [-0.2, -0.15) is 5.10 Å². The molecule has 0 aliphatic carbocycles. The van der Waals surface area contributed by atoms with E-state index in [4.69, 9.17) is 0 Å². The highest BCUT2D eigenvalue weighted by Gasteiger charge is 2.19. The van der Waals surface area contributed by atoms with Gasteiger partial charge < -0.3 is 5.32 Å². The lowest BCUT2D eigenvalue weighted by Crippen LogP contribution is -2.12. The van der Waals surface area contributed by atoms with Crippen molar-refractivity contribution in [1.82, 2.24) is 15.1 Å². The van der Waals surface area contributed by atoms with E-state index < -0.39 is 0 Å². The number of Topliss-reactive ketones (excluding diaryl/α,β-unsaturated/α-hetero) is 1. The van der Waals surface area contributed by atoms with E-state index in [1.165, 1.54) is 0 Å². The summed E-state index contributed by atoms with van der Waals surface area (Å²) in [5.41, 5.74) is 0.764. The lowest BCUT2D eigenvalue weighted by atomic mass is 9.99. The van der Waals surface area contributed by atoms with Crippen molar-refractivity contribution in [3.8, 4) is 0 Å². The molecule has 0 spiro atoms. The smallest absolute Gasteiger partial charge is 0.166 e. The normalized spacial score (nSPS) is 20.2. The van der Waals surface area contributed by atoms with Gasteiger partial charge in [0.1, 0.15) is 0 Å². The average Bonchev–Trinajstić information content (AvgIpc) is 2.89. The fourth-order valence-electron chi connectivity index (χ4n) is 2.13. The maximum atomic E-state index is 11.9. The van der Waals surface area contributed by atoms with Crippen molar-refractivity contribution in [3.05, 3.63) is 18.0 Å². The predicted octanol–water partition coefficient (Wildman–Crippen LogP) is 1.48. The molecule has 0 aromatic carbocycles. The van der Waals surface area contributed by atoms with E-state index in [1.54, 1.807) is 6.20 Å². The van der Waals surface area contributed by atoms with Gasteiger partial charge in [-0.3, -0.25) is 9.48 Å². The summed E-state index contributed by atoms with van der Waals surface area (Å²) in [4.78, 5) is 11.9. The largest absolute Gasteiger partial charge is 0.316 e. The number of hydrogen-bond acceptors (Lipinski definition) is 3. The second-order valence-electron chi connectivity index (χ2n) is 4.48. The van der Waals surface area contributed by atoms with Gasteiger partial charge in [0, 0.05) is 19.2 Å². The molecular formula is C12H19N3O. The third-order valence-corrected chi connectivity index (χ3v) is 3.04. The van der Waals surface area contributed by atoms with E-state index in [0.717, 1.165) is 38.0 Å². The molecule has 1 aromatic rings. The SMILES string of the molecule is CCCn1cc(C(=O)CC2CCNC2)cn1. The number of nitrogens with one attached hydrogen (secondary N) is 1. The minimum absolute atomic E-state index is 0.232. The van der Waals surface area contributed by atoms with Crippen molar-refractivity contribution >= 4 is 5.78 Å². The van der Waals surface area contributed by atoms with Gasteiger partial charge in [0.2, 0.25) is 0 Å². The second-order valence-corrected chi connectivity index (χ2v) is 4.48. The first-order chi connectivity index (χ1) is 7.79. The van der Waals surface area contributed by atoms with Crippen LogP contribution in [0, 0.1) is 5.92 Å². The molecule has 4 nitrogen and oxygen atoms in total. The van der Waals surface area contributed by atoms with Crippen LogP contribution in [-0.2, 0) is 6.54 Å². The van der Waals surface area contributed by atoms with Gasteiger partial charge in [-0.25, -0.2) is 0 Å². The average molecular weight is 221 g/mol. The molecule has 0 amide bonds. The van der Waals surface area contributed by atoms with E-state index in [9.17, 15) is 4.79 Å².